The van der Waals surface area contributed by atoms with Gasteiger partial charge in [0.25, 0.3) is 5.56 Å². The van der Waals surface area contributed by atoms with Crippen LogP contribution in [0.1, 0.15) is 35.6 Å². The molecule has 0 radical (unpaired) electrons. The lowest BCUT2D eigenvalue weighted by Crippen LogP contribution is -2.50. The summed E-state index contributed by atoms with van der Waals surface area (Å²) in [6.07, 6.45) is -2.15. The number of piperidine rings is 1. The summed E-state index contributed by atoms with van der Waals surface area (Å²) in [5.41, 5.74) is 0.260. The second-order valence-electron chi connectivity index (χ2n) is 8.97. The average molecular weight is 479 g/mol. The number of carbonyl (C=O) groups excluding carboxylic acids is 1. The summed E-state index contributed by atoms with van der Waals surface area (Å²) in [4.78, 5) is 28.7. The van der Waals surface area contributed by atoms with E-state index in [9.17, 15) is 27.9 Å². The van der Waals surface area contributed by atoms with E-state index in [-0.39, 0.29) is 13.1 Å². The molecule has 2 aliphatic rings. The summed E-state index contributed by atoms with van der Waals surface area (Å²) >= 11 is 0. The Bertz CT molecular complexity index is 1070. The topological polar surface area (TPSA) is 77.8 Å². The number of alkyl halides is 3. The van der Waals surface area contributed by atoms with Crippen LogP contribution in [0, 0.1) is 0 Å². The number of hydrogen-bond donors (Lipinski definition) is 2. The maximum atomic E-state index is 13.1. The lowest BCUT2D eigenvalue weighted by molar-refractivity contribution is -0.139. The van der Waals surface area contributed by atoms with Crippen LogP contribution in [0.25, 0.3) is 0 Å². The number of aliphatic hydroxyl groups is 1. The molecule has 0 unspecified atom stereocenters. The molecule has 1 fully saturated rings. The molecule has 2 N–H and O–H groups in total. The molecule has 0 saturated carbocycles. The number of halogens is 3. The lowest BCUT2D eigenvalue weighted by Gasteiger charge is -2.34. The highest BCUT2D eigenvalue weighted by molar-refractivity contribution is 5.74. The van der Waals surface area contributed by atoms with Crippen molar-refractivity contribution in [1.29, 1.82) is 0 Å². The van der Waals surface area contributed by atoms with Crippen molar-refractivity contribution >= 4 is 6.03 Å². The van der Waals surface area contributed by atoms with Crippen LogP contribution >= 0.6 is 0 Å². The molecule has 7 nitrogen and oxygen atoms in total. The number of urea groups is 1. The van der Waals surface area contributed by atoms with Crippen molar-refractivity contribution in [3.05, 3.63) is 69.6 Å². The quantitative estimate of drug-likeness (QED) is 0.693. The molecule has 184 valence electrons. The van der Waals surface area contributed by atoms with E-state index < -0.39 is 35.5 Å². The number of aliphatic hydroxyl groups excluding tert-OH is 1. The predicted octanol–water partition coefficient (Wildman–Crippen LogP) is 2.63. The van der Waals surface area contributed by atoms with Crippen LogP contribution in [-0.4, -0.2) is 64.3 Å². The number of likely N-dealkylation sites (tertiary alicyclic amines) is 1. The standard InChI is InChI=1S/C24H29F3N4O3/c25-24(26,27)21-8-4-11-31(22(21)33)19-7-3-10-30(15-19)23(34)28-13-20(32)16-29-12-9-17-5-1-2-6-18(17)14-29/h1-2,4-6,8,11,19-20,32H,3,7,9-10,12-16H2,(H,28,34)/t19-,20+/m1/s1. The molecule has 2 aromatic rings. The van der Waals surface area contributed by atoms with Gasteiger partial charge in [0.05, 0.1) is 12.1 Å². The summed E-state index contributed by atoms with van der Waals surface area (Å²) < 4.78 is 40.4. The SMILES string of the molecule is O=C(NC[C@H](O)CN1CCc2ccccc2C1)N1CCC[C@@H](n2cccc(C(F)(F)F)c2=O)C1. The van der Waals surface area contributed by atoms with Gasteiger partial charge in [-0.2, -0.15) is 13.2 Å². The van der Waals surface area contributed by atoms with E-state index in [1.165, 1.54) is 28.3 Å². The maximum Gasteiger partial charge on any atom is 0.421 e. The molecule has 0 spiro atoms. The summed E-state index contributed by atoms with van der Waals surface area (Å²) in [6.45, 7) is 2.65. The van der Waals surface area contributed by atoms with Gasteiger partial charge in [-0.1, -0.05) is 24.3 Å². The number of hydrogen-bond acceptors (Lipinski definition) is 4. The van der Waals surface area contributed by atoms with Gasteiger partial charge >= 0.3 is 12.2 Å². The molecule has 1 aromatic heterocycles. The van der Waals surface area contributed by atoms with E-state index in [0.29, 0.717) is 25.9 Å². The van der Waals surface area contributed by atoms with Gasteiger partial charge in [-0.15, -0.1) is 0 Å². The molecule has 2 atom stereocenters. The van der Waals surface area contributed by atoms with Gasteiger partial charge in [-0.3, -0.25) is 9.69 Å². The number of fused-ring (bicyclic) bond motifs is 1. The predicted molar refractivity (Wildman–Crippen MR) is 120 cm³/mol. The highest BCUT2D eigenvalue weighted by Crippen LogP contribution is 2.27. The number of rotatable bonds is 5. The zero-order chi connectivity index (χ0) is 24.3. The van der Waals surface area contributed by atoms with E-state index in [1.807, 2.05) is 12.1 Å². The molecule has 0 aliphatic carbocycles. The molecule has 10 heteroatoms. The second-order valence-corrected chi connectivity index (χ2v) is 8.97. The van der Waals surface area contributed by atoms with Gasteiger partial charge in [0.1, 0.15) is 5.56 Å². The molecular weight excluding hydrogens is 449 g/mol. The second kappa shape index (κ2) is 10.2. The van der Waals surface area contributed by atoms with E-state index in [4.69, 9.17) is 0 Å². The minimum atomic E-state index is -4.72. The van der Waals surface area contributed by atoms with E-state index >= 15 is 0 Å². The Balaban J connectivity index is 1.30. The van der Waals surface area contributed by atoms with E-state index in [2.05, 4.69) is 22.3 Å². The Morgan fingerprint density at radius 3 is 2.68 bits per heavy atom. The Hall–Kier alpha value is -2.85. The highest BCUT2D eigenvalue weighted by Gasteiger charge is 2.35. The van der Waals surface area contributed by atoms with Crippen molar-refractivity contribution in [1.82, 2.24) is 19.7 Å². The van der Waals surface area contributed by atoms with Gasteiger partial charge in [0.15, 0.2) is 0 Å². The van der Waals surface area contributed by atoms with E-state index in [0.717, 1.165) is 30.1 Å². The third kappa shape index (κ3) is 5.61. The molecule has 0 bridgehead atoms. The molecule has 3 heterocycles. The first-order valence-electron chi connectivity index (χ1n) is 11.5. The molecule has 1 aromatic carbocycles. The first kappa shape index (κ1) is 24.3. The summed E-state index contributed by atoms with van der Waals surface area (Å²) in [7, 11) is 0. The van der Waals surface area contributed by atoms with E-state index in [1.54, 1.807) is 0 Å². The van der Waals surface area contributed by atoms with Crippen LogP contribution in [0.5, 0.6) is 0 Å². The van der Waals surface area contributed by atoms with Crippen molar-refractivity contribution in [2.45, 2.75) is 44.1 Å². The van der Waals surface area contributed by atoms with Gasteiger partial charge in [0, 0.05) is 45.5 Å². The number of carbonyl (C=O) groups is 1. The number of nitrogens with zero attached hydrogens (tertiary/aromatic N) is 3. The fourth-order valence-corrected chi connectivity index (χ4v) is 4.77. The smallest absolute Gasteiger partial charge is 0.390 e. The summed E-state index contributed by atoms with van der Waals surface area (Å²) in [6, 6.07) is 9.26. The third-order valence-corrected chi connectivity index (χ3v) is 6.52. The summed E-state index contributed by atoms with van der Waals surface area (Å²) in [5, 5.41) is 13.2. The Morgan fingerprint density at radius 1 is 1.15 bits per heavy atom. The van der Waals surface area contributed by atoms with Gasteiger partial charge in [-0.05, 0) is 42.5 Å². The number of pyridine rings is 1. The molecule has 2 aliphatic heterocycles. The molecule has 4 rings (SSSR count). The number of amides is 2. The zero-order valence-electron chi connectivity index (χ0n) is 18.8. The molecule has 1 saturated heterocycles. The monoisotopic (exact) mass is 478 g/mol. The van der Waals surface area contributed by atoms with Crippen molar-refractivity contribution in [3.63, 3.8) is 0 Å². The highest BCUT2D eigenvalue weighted by atomic mass is 19.4. The van der Waals surface area contributed by atoms with Crippen molar-refractivity contribution in [3.8, 4) is 0 Å². The number of benzene rings is 1. The average Bonchev–Trinajstić information content (AvgIpc) is 2.82. The van der Waals surface area contributed by atoms with Gasteiger partial charge in [0.2, 0.25) is 0 Å². The third-order valence-electron chi connectivity index (χ3n) is 6.52. The van der Waals surface area contributed by atoms with Crippen LogP contribution in [0.2, 0.25) is 0 Å². The first-order chi connectivity index (χ1) is 16.2. The minimum Gasteiger partial charge on any atom is -0.390 e. The van der Waals surface area contributed by atoms with Crippen LogP contribution in [0.4, 0.5) is 18.0 Å². The molecular formula is C24H29F3N4O3. The fraction of sp³-hybridized carbons (Fsp3) is 0.500. The molecule has 2 amide bonds. The van der Waals surface area contributed by atoms with Crippen molar-refractivity contribution < 1.29 is 23.1 Å². The van der Waals surface area contributed by atoms with Crippen LogP contribution in [0.15, 0.2) is 47.4 Å². The zero-order valence-corrected chi connectivity index (χ0v) is 18.8. The normalized spacial score (nSPS) is 20.0. The number of nitrogens with one attached hydrogen (secondary N) is 1. The summed E-state index contributed by atoms with van der Waals surface area (Å²) in [5.74, 6) is 0. The Kier molecular flexibility index (Phi) is 7.27. The van der Waals surface area contributed by atoms with Crippen molar-refractivity contribution in [2.75, 3.05) is 32.7 Å². The lowest BCUT2D eigenvalue weighted by atomic mass is 10.00. The number of β-amino-alcohol motifs (C(OH)–C–C–N with tert-alkyl or cyclic N) is 1. The first-order valence-corrected chi connectivity index (χ1v) is 11.5. The van der Waals surface area contributed by atoms with Gasteiger partial charge < -0.3 is 19.9 Å². The maximum absolute atomic E-state index is 13.1. The Labute approximate surface area is 195 Å². The fourth-order valence-electron chi connectivity index (χ4n) is 4.77. The van der Waals surface area contributed by atoms with Crippen LogP contribution < -0.4 is 10.9 Å². The van der Waals surface area contributed by atoms with Crippen LogP contribution in [0.3, 0.4) is 0 Å². The van der Waals surface area contributed by atoms with Crippen molar-refractivity contribution in [2.24, 2.45) is 0 Å². The molecule has 34 heavy (non-hydrogen) atoms. The minimum absolute atomic E-state index is 0.0711. The Morgan fingerprint density at radius 2 is 1.91 bits per heavy atom. The van der Waals surface area contributed by atoms with Crippen LogP contribution in [-0.2, 0) is 19.1 Å². The number of aromatic nitrogens is 1. The van der Waals surface area contributed by atoms with Gasteiger partial charge in [-0.25, -0.2) is 4.79 Å². The largest absolute Gasteiger partial charge is 0.421 e.